The summed E-state index contributed by atoms with van der Waals surface area (Å²) in [6, 6.07) is 14.9. The van der Waals surface area contributed by atoms with Crippen molar-refractivity contribution in [2.45, 2.75) is 25.6 Å². The summed E-state index contributed by atoms with van der Waals surface area (Å²) >= 11 is 0. The van der Waals surface area contributed by atoms with Gasteiger partial charge in [0.25, 0.3) is 5.91 Å². The number of piperidine rings is 1. The topological polar surface area (TPSA) is 38.1 Å². The van der Waals surface area contributed by atoms with Crippen molar-refractivity contribution in [2.24, 2.45) is 5.92 Å². The van der Waals surface area contributed by atoms with Crippen molar-refractivity contribution in [1.82, 2.24) is 14.5 Å². The Morgan fingerprint density at radius 1 is 1.00 bits per heavy atom. The van der Waals surface area contributed by atoms with E-state index in [4.69, 9.17) is 0 Å². The van der Waals surface area contributed by atoms with Crippen LogP contribution >= 0.6 is 0 Å². The fraction of sp³-hybridized carbons (Fsp3) is 0.304. The molecule has 1 aliphatic heterocycles. The number of likely N-dealkylation sites (tertiary alicyclic amines) is 1. The number of nitrogens with zero attached hydrogens (tertiary/aromatic N) is 3. The summed E-state index contributed by atoms with van der Waals surface area (Å²) < 4.78 is 41.9. The molecule has 1 fully saturated rings. The third kappa shape index (κ3) is 4.25. The van der Waals surface area contributed by atoms with E-state index < -0.39 is 17.6 Å². The molecule has 3 aromatic rings. The number of benzene rings is 2. The molecule has 7 heteroatoms. The maximum atomic E-state index is 13.2. The standard InChI is InChI=1S/C23H22F3N3O/c24-23(25,26)20-9-5-4-8-19(20)22(30)28-13-10-17(11-14-28)16-29-15-12-27-21(29)18-6-2-1-3-7-18/h1-9,12,15,17H,10-11,13-14,16H2. The van der Waals surface area contributed by atoms with Gasteiger partial charge in [0.1, 0.15) is 5.82 Å². The maximum Gasteiger partial charge on any atom is 0.417 e. The van der Waals surface area contributed by atoms with Gasteiger partial charge in [0.2, 0.25) is 0 Å². The van der Waals surface area contributed by atoms with Gasteiger partial charge in [0.15, 0.2) is 0 Å². The van der Waals surface area contributed by atoms with Crippen molar-refractivity contribution in [1.29, 1.82) is 0 Å². The van der Waals surface area contributed by atoms with Gasteiger partial charge in [-0.05, 0) is 30.9 Å². The first-order chi connectivity index (χ1) is 14.4. The number of aromatic nitrogens is 2. The third-order valence-corrected chi connectivity index (χ3v) is 5.57. The van der Waals surface area contributed by atoms with Crippen LogP contribution in [0.5, 0.6) is 0 Å². The predicted molar refractivity (Wildman–Crippen MR) is 108 cm³/mol. The largest absolute Gasteiger partial charge is 0.417 e. The number of rotatable bonds is 4. The average molecular weight is 413 g/mol. The molecule has 1 aliphatic rings. The van der Waals surface area contributed by atoms with Crippen LogP contribution in [0.3, 0.4) is 0 Å². The molecule has 1 amide bonds. The Balaban J connectivity index is 1.41. The van der Waals surface area contributed by atoms with E-state index in [0.29, 0.717) is 19.0 Å². The van der Waals surface area contributed by atoms with Crippen molar-refractivity contribution in [3.05, 3.63) is 78.1 Å². The van der Waals surface area contributed by atoms with Crippen LogP contribution in [0.25, 0.3) is 11.4 Å². The number of hydrogen-bond donors (Lipinski definition) is 0. The molecule has 156 valence electrons. The molecule has 30 heavy (non-hydrogen) atoms. The first-order valence-corrected chi connectivity index (χ1v) is 9.95. The summed E-state index contributed by atoms with van der Waals surface area (Å²) in [7, 11) is 0. The van der Waals surface area contributed by atoms with Crippen molar-refractivity contribution < 1.29 is 18.0 Å². The van der Waals surface area contributed by atoms with Gasteiger partial charge >= 0.3 is 6.18 Å². The Labute approximate surface area is 173 Å². The van der Waals surface area contributed by atoms with E-state index in [9.17, 15) is 18.0 Å². The smallest absolute Gasteiger partial charge is 0.339 e. The lowest BCUT2D eigenvalue weighted by Gasteiger charge is -2.33. The van der Waals surface area contributed by atoms with Crippen molar-refractivity contribution in [2.75, 3.05) is 13.1 Å². The van der Waals surface area contributed by atoms with E-state index >= 15 is 0 Å². The Kier molecular flexibility index (Phi) is 5.61. The van der Waals surface area contributed by atoms with E-state index in [1.807, 2.05) is 36.5 Å². The molecule has 0 unspecified atom stereocenters. The number of carbonyl (C=O) groups is 1. The molecule has 0 saturated carbocycles. The summed E-state index contributed by atoms with van der Waals surface area (Å²) in [6.07, 6.45) is 0.660. The van der Waals surface area contributed by atoms with Crippen molar-refractivity contribution in [3.63, 3.8) is 0 Å². The van der Waals surface area contributed by atoms with E-state index in [1.54, 1.807) is 6.20 Å². The second-order valence-corrected chi connectivity index (χ2v) is 7.55. The number of alkyl halides is 3. The lowest BCUT2D eigenvalue weighted by molar-refractivity contribution is -0.138. The van der Waals surface area contributed by atoms with Gasteiger partial charge in [-0.25, -0.2) is 4.98 Å². The first kappa shape index (κ1) is 20.2. The second-order valence-electron chi connectivity index (χ2n) is 7.55. The van der Waals surface area contributed by atoms with Gasteiger partial charge < -0.3 is 9.47 Å². The van der Waals surface area contributed by atoms with Crippen molar-refractivity contribution in [3.8, 4) is 11.4 Å². The molecule has 0 aliphatic carbocycles. The highest BCUT2D eigenvalue weighted by Gasteiger charge is 2.36. The van der Waals surface area contributed by atoms with Gasteiger partial charge in [0.05, 0.1) is 11.1 Å². The molecule has 2 heterocycles. The average Bonchev–Trinajstić information content (AvgIpc) is 3.22. The normalized spacial score (nSPS) is 15.4. The van der Waals surface area contributed by atoms with Gasteiger partial charge in [0, 0.05) is 37.6 Å². The van der Waals surface area contributed by atoms with E-state index in [1.165, 1.54) is 23.1 Å². The molecule has 1 saturated heterocycles. The molecule has 1 aromatic heterocycles. The first-order valence-electron chi connectivity index (χ1n) is 9.95. The third-order valence-electron chi connectivity index (χ3n) is 5.57. The monoisotopic (exact) mass is 413 g/mol. The zero-order chi connectivity index (χ0) is 21.1. The van der Waals surface area contributed by atoms with E-state index in [2.05, 4.69) is 9.55 Å². The maximum absolute atomic E-state index is 13.2. The number of amides is 1. The summed E-state index contributed by atoms with van der Waals surface area (Å²) in [5.74, 6) is 0.686. The van der Waals surface area contributed by atoms with Gasteiger partial charge in [-0.3, -0.25) is 4.79 Å². The highest BCUT2D eigenvalue weighted by molar-refractivity contribution is 5.96. The van der Waals surface area contributed by atoms with Crippen LogP contribution in [0, 0.1) is 5.92 Å². The predicted octanol–water partition coefficient (Wildman–Crippen LogP) is 5.12. The summed E-state index contributed by atoms with van der Waals surface area (Å²) in [5.41, 5.74) is -0.105. The minimum Gasteiger partial charge on any atom is -0.339 e. The highest BCUT2D eigenvalue weighted by atomic mass is 19.4. The molecule has 0 atom stereocenters. The molecule has 2 aromatic carbocycles. The summed E-state index contributed by atoms with van der Waals surface area (Å²) in [6.45, 7) is 1.67. The lowest BCUT2D eigenvalue weighted by atomic mass is 9.95. The Bertz CT molecular complexity index is 1010. The highest BCUT2D eigenvalue weighted by Crippen LogP contribution is 2.33. The molecule has 4 nitrogen and oxygen atoms in total. The zero-order valence-electron chi connectivity index (χ0n) is 16.3. The lowest BCUT2D eigenvalue weighted by Crippen LogP contribution is -2.40. The molecular formula is C23H22F3N3O. The molecule has 0 N–H and O–H groups in total. The number of hydrogen-bond acceptors (Lipinski definition) is 2. The number of halogens is 3. The second kappa shape index (κ2) is 8.34. The molecule has 4 rings (SSSR count). The Morgan fingerprint density at radius 2 is 1.67 bits per heavy atom. The van der Waals surface area contributed by atoms with Crippen LogP contribution in [-0.4, -0.2) is 33.4 Å². The molecule has 0 spiro atoms. The van der Waals surface area contributed by atoms with Crippen LogP contribution < -0.4 is 0 Å². The molecular weight excluding hydrogens is 391 g/mol. The van der Waals surface area contributed by atoms with Crippen LogP contribution in [0.2, 0.25) is 0 Å². The van der Waals surface area contributed by atoms with Crippen LogP contribution in [0.15, 0.2) is 67.0 Å². The van der Waals surface area contributed by atoms with Gasteiger partial charge in [-0.2, -0.15) is 13.2 Å². The van der Waals surface area contributed by atoms with Crippen LogP contribution in [0.4, 0.5) is 13.2 Å². The summed E-state index contributed by atoms with van der Waals surface area (Å²) in [5, 5.41) is 0. The van der Waals surface area contributed by atoms with E-state index in [-0.39, 0.29) is 5.56 Å². The van der Waals surface area contributed by atoms with Crippen LogP contribution in [-0.2, 0) is 12.7 Å². The van der Waals surface area contributed by atoms with Crippen molar-refractivity contribution >= 4 is 5.91 Å². The van der Waals surface area contributed by atoms with E-state index in [0.717, 1.165) is 36.8 Å². The quantitative estimate of drug-likeness (QED) is 0.595. The minimum absolute atomic E-state index is 0.274. The minimum atomic E-state index is -4.54. The van der Waals surface area contributed by atoms with Gasteiger partial charge in [-0.15, -0.1) is 0 Å². The summed E-state index contributed by atoms with van der Waals surface area (Å²) in [4.78, 5) is 18.7. The van der Waals surface area contributed by atoms with Gasteiger partial charge in [-0.1, -0.05) is 42.5 Å². The molecule has 0 radical (unpaired) electrons. The molecule has 0 bridgehead atoms. The SMILES string of the molecule is O=C(c1ccccc1C(F)(F)F)N1CCC(Cn2ccnc2-c2ccccc2)CC1. The zero-order valence-corrected chi connectivity index (χ0v) is 16.3. The number of carbonyl (C=O) groups excluding carboxylic acids is 1. The fourth-order valence-corrected chi connectivity index (χ4v) is 3.99. The Hall–Kier alpha value is -3.09. The Morgan fingerprint density at radius 3 is 2.37 bits per heavy atom. The fourth-order valence-electron chi connectivity index (χ4n) is 3.99. The van der Waals surface area contributed by atoms with Crippen LogP contribution in [0.1, 0.15) is 28.8 Å². The number of imidazole rings is 1.